The van der Waals surface area contributed by atoms with E-state index in [9.17, 15) is 30.0 Å². The Morgan fingerprint density at radius 3 is 2.14 bits per heavy atom. The van der Waals surface area contributed by atoms with Gasteiger partial charge in [0, 0.05) is 17.9 Å². The van der Waals surface area contributed by atoms with Crippen molar-refractivity contribution in [2.24, 2.45) is 11.1 Å². The number of primary sulfonamides is 1. The van der Waals surface area contributed by atoms with Crippen molar-refractivity contribution in [1.29, 1.82) is 0 Å². The maximum Gasteiger partial charge on any atom is 0.404 e. The normalized spacial score (nSPS) is 17.2. The zero-order valence-corrected chi connectivity index (χ0v) is 23.4. The molecular formula is C25H36F3N3O4S2. The van der Waals surface area contributed by atoms with Gasteiger partial charge in [0.2, 0.25) is 20.0 Å². The zero-order valence-electron chi connectivity index (χ0n) is 21.8. The molecule has 1 fully saturated rings. The summed E-state index contributed by atoms with van der Waals surface area (Å²) in [5.74, 6) is 0.363. The summed E-state index contributed by atoms with van der Waals surface area (Å²) in [6.07, 6.45) is 0.683. The fraction of sp³-hybridized carbons (Fsp3) is 0.600. The van der Waals surface area contributed by atoms with Crippen molar-refractivity contribution in [3.8, 4) is 11.3 Å². The van der Waals surface area contributed by atoms with E-state index in [2.05, 4.69) is 0 Å². The second-order valence-corrected chi connectivity index (χ2v) is 14.2. The van der Waals surface area contributed by atoms with E-state index in [0.717, 1.165) is 32.6 Å². The van der Waals surface area contributed by atoms with Crippen LogP contribution in [0.5, 0.6) is 0 Å². The van der Waals surface area contributed by atoms with Crippen LogP contribution in [0.1, 0.15) is 71.1 Å². The fourth-order valence-electron chi connectivity index (χ4n) is 4.88. The van der Waals surface area contributed by atoms with Crippen molar-refractivity contribution in [3.63, 3.8) is 0 Å². The van der Waals surface area contributed by atoms with Gasteiger partial charge in [0.1, 0.15) is 10.9 Å². The van der Waals surface area contributed by atoms with Gasteiger partial charge in [0.05, 0.1) is 4.90 Å². The monoisotopic (exact) mass is 563 g/mol. The number of nitrogens with two attached hydrogens (primary N) is 1. The van der Waals surface area contributed by atoms with Crippen molar-refractivity contribution in [1.82, 2.24) is 9.29 Å². The summed E-state index contributed by atoms with van der Waals surface area (Å²) in [4.78, 5) is -0.262. The van der Waals surface area contributed by atoms with Crippen LogP contribution in [0.3, 0.4) is 0 Å². The highest BCUT2D eigenvalue weighted by atomic mass is 32.2. The van der Waals surface area contributed by atoms with Crippen LogP contribution in [0.15, 0.2) is 34.1 Å². The first kappa shape index (κ1) is 29.7. The number of halogens is 3. The van der Waals surface area contributed by atoms with Crippen LogP contribution < -0.4 is 9.86 Å². The number of sulfonamides is 2. The van der Waals surface area contributed by atoms with Gasteiger partial charge in [-0.25, -0.2) is 22.0 Å². The third-order valence-electron chi connectivity index (χ3n) is 6.99. The molecule has 0 radical (unpaired) electrons. The molecule has 1 aromatic carbocycles. The van der Waals surface area contributed by atoms with Crippen LogP contribution in [0.25, 0.3) is 11.3 Å². The Kier molecular flexibility index (Phi) is 8.30. The molecule has 208 valence electrons. The van der Waals surface area contributed by atoms with Crippen LogP contribution in [-0.2, 0) is 32.0 Å². The summed E-state index contributed by atoms with van der Waals surface area (Å²) in [6.45, 7) is 8.32. The van der Waals surface area contributed by atoms with Gasteiger partial charge >= 0.3 is 6.18 Å². The van der Waals surface area contributed by atoms with E-state index >= 15 is 0 Å². The minimum atomic E-state index is -4.74. The molecule has 0 spiro atoms. The van der Waals surface area contributed by atoms with E-state index in [1.807, 2.05) is 4.57 Å². The van der Waals surface area contributed by atoms with Gasteiger partial charge in [0.25, 0.3) is 0 Å². The topological polar surface area (TPSA) is 111 Å². The molecule has 1 aromatic heterocycles. The van der Waals surface area contributed by atoms with Crippen molar-refractivity contribution in [2.75, 3.05) is 0 Å². The number of hydrogen-bond acceptors (Lipinski definition) is 4. The molecule has 1 heterocycles. The summed E-state index contributed by atoms with van der Waals surface area (Å²) in [5, 5.41) is 5.49. The molecule has 1 aliphatic carbocycles. The predicted molar refractivity (Wildman–Crippen MR) is 137 cm³/mol. The van der Waals surface area contributed by atoms with Gasteiger partial charge in [-0.2, -0.15) is 17.9 Å². The maximum absolute atomic E-state index is 13.1. The van der Waals surface area contributed by atoms with Gasteiger partial charge < -0.3 is 4.57 Å². The second-order valence-electron chi connectivity index (χ2n) is 11.0. The molecule has 37 heavy (non-hydrogen) atoms. The summed E-state index contributed by atoms with van der Waals surface area (Å²) in [7, 11) is -8.52. The molecule has 0 bridgehead atoms. The average Bonchev–Trinajstić information content (AvgIpc) is 3.09. The van der Waals surface area contributed by atoms with Crippen molar-refractivity contribution >= 4 is 20.0 Å². The fourth-order valence-corrected chi connectivity index (χ4v) is 7.31. The van der Waals surface area contributed by atoms with Gasteiger partial charge in [-0.1, -0.05) is 46.1 Å². The van der Waals surface area contributed by atoms with Crippen LogP contribution in [0.4, 0.5) is 13.2 Å². The summed E-state index contributed by atoms with van der Waals surface area (Å²) in [5.41, 5.74) is 1.18. The van der Waals surface area contributed by atoms with Crippen LogP contribution >= 0.6 is 0 Å². The van der Waals surface area contributed by atoms with Crippen LogP contribution in [0.2, 0.25) is 0 Å². The quantitative estimate of drug-likeness (QED) is 0.481. The predicted octanol–water partition coefficient (Wildman–Crippen LogP) is 5.22. The average molecular weight is 564 g/mol. The van der Waals surface area contributed by atoms with Crippen molar-refractivity contribution in [3.05, 3.63) is 35.5 Å². The van der Waals surface area contributed by atoms with Gasteiger partial charge in [-0.05, 0) is 67.3 Å². The molecule has 1 atom stereocenters. The zero-order chi connectivity index (χ0) is 28.0. The largest absolute Gasteiger partial charge is 0.404 e. The molecule has 7 nitrogen and oxygen atoms in total. The van der Waals surface area contributed by atoms with Crippen LogP contribution in [0, 0.1) is 12.8 Å². The highest BCUT2D eigenvalue weighted by molar-refractivity contribution is 7.89. The lowest BCUT2D eigenvalue weighted by Gasteiger charge is -2.26. The number of rotatable bonds is 7. The molecule has 0 aliphatic heterocycles. The maximum atomic E-state index is 13.1. The SMILES string of the molecule is Cc1c(S(N)(=O)=O)cc(-c2ccc(S(=O)(=O)N[C@@H](C)C(F)(F)F)c(C(C)(C)C)c2)n1CC1CCCCC1. The highest BCUT2D eigenvalue weighted by Crippen LogP contribution is 2.37. The molecule has 3 N–H and O–H groups in total. The molecule has 3 rings (SSSR count). The van der Waals surface area contributed by atoms with E-state index in [4.69, 9.17) is 5.14 Å². The highest BCUT2D eigenvalue weighted by Gasteiger charge is 2.40. The standard InChI is InChI=1S/C25H36F3N3O4S2/c1-16-23(36(29,32)33)14-21(31(16)15-18-9-7-6-8-10-18)19-11-12-22(20(13-19)24(3,4)5)37(34,35)30-17(2)25(26,27)28/h11-14,17-18,30H,6-10,15H2,1-5H3,(H2,29,32,33)/t17-/m0/s1. The summed E-state index contributed by atoms with van der Waals surface area (Å²) >= 11 is 0. The molecule has 0 unspecified atom stereocenters. The Labute approximate surface area is 217 Å². The molecular weight excluding hydrogens is 527 g/mol. The van der Waals surface area contributed by atoms with E-state index in [1.54, 1.807) is 38.5 Å². The molecule has 0 saturated heterocycles. The molecule has 1 aliphatic rings. The van der Waals surface area contributed by atoms with Gasteiger partial charge in [-0.3, -0.25) is 0 Å². The lowest BCUT2D eigenvalue weighted by molar-refractivity contribution is -0.147. The van der Waals surface area contributed by atoms with Crippen molar-refractivity contribution in [2.45, 2.75) is 101 Å². The smallest absolute Gasteiger partial charge is 0.343 e. The number of nitrogens with zero attached hydrogens (tertiary/aromatic N) is 1. The molecule has 2 aromatic rings. The Bertz CT molecular complexity index is 1350. The first-order chi connectivity index (χ1) is 16.8. The third-order valence-corrected chi connectivity index (χ3v) is 9.61. The van der Waals surface area contributed by atoms with E-state index in [-0.39, 0.29) is 9.79 Å². The Morgan fingerprint density at radius 1 is 1.03 bits per heavy atom. The number of hydrogen-bond donors (Lipinski definition) is 2. The number of alkyl halides is 3. The first-order valence-corrected chi connectivity index (χ1v) is 15.3. The minimum absolute atomic E-state index is 0.00650. The molecule has 1 saturated carbocycles. The lowest BCUT2D eigenvalue weighted by atomic mass is 9.85. The third kappa shape index (κ3) is 6.76. The van der Waals surface area contributed by atoms with E-state index < -0.39 is 37.7 Å². The first-order valence-electron chi connectivity index (χ1n) is 12.3. The van der Waals surface area contributed by atoms with E-state index in [0.29, 0.717) is 35.0 Å². The van der Waals surface area contributed by atoms with Crippen LogP contribution in [-0.4, -0.2) is 33.6 Å². The van der Waals surface area contributed by atoms with E-state index in [1.165, 1.54) is 24.6 Å². The van der Waals surface area contributed by atoms with Crippen molar-refractivity contribution < 1.29 is 30.0 Å². The summed E-state index contributed by atoms with van der Waals surface area (Å²) in [6, 6.07) is 3.63. The Balaban J connectivity index is 2.17. The van der Waals surface area contributed by atoms with Gasteiger partial charge in [0.15, 0.2) is 0 Å². The summed E-state index contributed by atoms with van der Waals surface area (Å²) < 4.78 is 93.6. The molecule has 0 amide bonds. The Morgan fingerprint density at radius 2 is 1.62 bits per heavy atom. The lowest BCUT2D eigenvalue weighted by Crippen LogP contribution is -2.43. The number of benzene rings is 1. The second kappa shape index (κ2) is 10.3. The number of aromatic nitrogens is 1. The molecule has 12 heteroatoms. The minimum Gasteiger partial charge on any atom is -0.343 e. The Hall–Kier alpha value is -1.89. The number of nitrogens with one attached hydrogen (secondary N) is 1. The van der Waals surface area contributed by atoms with Gasteiger partial charge in [-0.15, -0.1) is 0 Å².